The van der Waals surface area contributed by atoms with Gasteiger partial charge in [0.15, 0.2) is 5.57 Å². The molecular formula is C19H15ClFN3O5S. The molecule has 8 nitrogen and oxygen atoms in total. The van der Waals surface area contributed by atoms with E-state index < -0.39 is 39.4 Å². The summed E-state index contributed by atoms with van der Waals surface area (Å²) in [5.74, 6) is -2.94. The zero-order valence-electron chi connectivity index (χ0n) is 15.7. The Balaban J connectivity index is 2.47. The van der Waals surface area contributed by atoms with Crippen LogP contribution in [0.4, 0.5) is 10.1 Å². The van der Waals surface area contributed by atoms with Crippen LogP contribution in [0.25, 0.3) is 5.76 Å². The van der Waals surface area contributed by atoms with Crippen LogP contribution < -0.4 is 0 Å². The molecule has 1 amide bonds. The number of carbonyl (C=O) groups excluding carboxylic acids is 1. The Morgan fingerprint density at radius 3 is 2.63 bits per heavy atom. The van der Waals surface area contributed by atoms with E-state index >= 15 is 0 Å². The number of phenolic OH excluding ortho intramolecular Hbond substituents is 1. The number of likely N-dealkylation sites (N-methyl/N-ethyl adjacent to an activating group) is 1. The predicted molar refractivity (Wildman–Crippen MR) is 110 cm³/mol. The monoisotopic (exact) mass is 451 g/mol. The molecule has 0 saturated carbocycles. The third-order valence-electron chi connectivity index (χ3n) is 4.07. The molecule has 30 heavy (non-hydrogen) atoms. The molecule has 0 aliphatic carbocycles. The number of phenols is 1. The number of nitro benzene ring substituents is 1. The van der Waals surface area contributed by atoms with E-state index in [1.54, 1.807) is 12.3 Å². The molecule has 2 aromatic rings. The van der Waals surface area contributed by atoms with Gasteiger partial charge >= 0.3 is 5.69 Å². The number of halogens is 2. The first kappa shape index (κ1) is 23.0. The average Bonchev–Trinajstić information content (AvgIpc) is 2.70. The van der Waals surface area contributed by atoms with Gasteiger partial charge in [0.1, 0.15) is 17.6 Å². The van der Waals surface area contributed by atoms with Gasteiger partial charge in [-0.25, -0.2) is 4.39 Å². The minimum Gasteiger partial charge on any atom is -0.506 e. The number of hydrogen-bond donors (Lipinski definition) is 2. The molecule has 0 radical (unpaired) electrons. The summed E-state index contributed by atoms with van der Waals surface area (Å²) in [4.78, 5) is 24.0. The number of aliphatic hydroxyl groups is 1. The summed E-state index contributed by atoms with van der Waals surface area (Å²) in [5, 5.41) is 41.2. The Labute approximate surface area is 180 Å². The van der Waals surface area contributed by atoms with Crippen molar-refractivity contribution in [2.45, 2.75) is 11.4 Å². The lowest BCUT2D eigenvalue weighted by molar-refractivity contribution is -0.386. The molecule has 0 fully saturated rings. The van der Waals surface area contributed by atoms with Gasteiger partial charge in [0.05, 0.1) is 9.82 Å². The molecule has 2 aromatic carbocycles. The molecule has 0 aliphatic rings. The molecule has 0 aromatic heterocycles. The fourth-order valence-electron chi connectivity index (χ4n) is 2.55. The van der Waals surface area contributed by atoms with E-state index in [1.165, 1.54) is 25.2 Å². The van der Waals surface area contributed by atoms with Gasteiger partial charge in [-0.15, -0.1) is 11.8 Å². The zero-order chi connectivity index (χ0) is 22.6. The second-order valence-corrected chi connectivity index (χ2v) is 7.32. The standard InChI is InChI=1S/C19H15ClFN3O5S/c1-23(9-11-5-12(20)3-4-14(11)21)19(27)13(8-22)17(25)10-6-15(24(28)29)18(26)16(7-10)30-2/h3-7,25-26H,9H2,1-2H3/b17-13-. The molecule has 2 rings (SSSR count). The highest BCUT2D eigenvalue weighted by atomic mass is 35.5. The van der Waals surface area contributed by atoms with Gasteiger partial charge in [0.2, 0.25) is 5.75 Å². The quantitative estimate of drug-likeness (QED) is 0.167. The van der Waals surface area contributed by atoms with Crippen LogP contribution >= 0.6 is 23.4 Å². The van der Waals surface area contributed by atoms with Crippen LogP contribution in [0.2, 0.25) is 5.02 Å². The number of benzene rings is 2. The van der Waals surface area contributed by atoms with Crippen LogP contribution in [0, 0.1) is 27.3 Å². The van der Waals surface area contributed by atoms with Crippen LogP contribution in [0.15, 0.2) is 40.8 Å². The van der Waals surface area contributed by atoms with E-state index in [0.29, 0.717) is 0 Å². The maximum Gasteiger partial charge on any atom is 0.312 e. The molecule has 0 saturated heterocycles. The van der Waals surface area contributed by atoms with Crippen LogP contribution in [-0.2, 0) is 11.3 Å². The van der Waals surface area contributed by atoms with Crippen LogP contribution in [0.3, 0.4) is 0 Å². The lowest BCUT2D eigenvalue weighted by Gasteiger charge is -2.18. The van der Waals surface area contributed by atoms with E-state index in [9.17, 15) is 34.8 Å². The average molecular weight is 452 g/mol. The van der Waals surface area contributed by atoms with Gasteiger partial charge in [-0.05, 0) is 30.5 Å². The summed E-state index contributed by atoms with van der Waals surface area (Å²) in [5.41, 5.74) is -1.49. The number of hydrogen-bond acceptors (Lipinski definition) is 7. The summed E-state index contributed by atoms with van der Waals surface area (Å²) in [6.07, 6.45) is 1.55. The lowest BCUT2D eigenvalue weighted by Crippen LogP contribution is -2.28. The minimum absolute atomic E-state index is 0.0739. The van der Waals surface area contributed by atoms with Crippen molar-refractivity contribution in [3.05, 3.63) is 68.0 Å². The smallest absolute Gasteiger partial charge is 0.312 e. The largest absolute Gasteiger partial charge is 0.506 e. The third-order valence-corrected chi connectivity index (χ3v) is 5.06. The van der Waals surface area contributed by atoms with Gasteiger partial charge in [0.25, 0.3) is 5.91 Å². The van der Waals surface area contributed by atoms with E-state index in [-0.39, 0.29) is 27.6 Å². The summed E-state index contributed by atoms with van der Waals surface area (Å²) < 4.78 is 13.9. The fraction of sp³-hybridized carbons (Fsp3) is 0.158. The molecule has 156 valence electrons. The number of nitrogens with zero attached hydrogens (tertiary/aromatic N) is 3. The minimum atomic E-state index is -0.934. The Hall–Kier alpha value is -3.29. The molecule has 0 heterocycles. The Bertz CT molecular complexity index is 1100. The first-order valence-electron chi connectivity index (χ1n) is 8.19. The van der Waals surface area contributed by atoms with Crippen molar-refractivity contribution >= 4 is 40.7 Å². The lowest BCUT2D eigenvalue weighted by atomic mass is 10.1. The van der Waals surface area contributed by atoms with Crippen LogP contribution in [0.5, 0.6) is 5.75 Å². The van der Waals surface area contributed by atoms with Crippen molar-refractivity contribution in [3.8, 4) is 11.8 Å². The summed E-state index contributed by atoms with van der Waals surface area (Å²) in [6.45, 7) is -0.241. The van der Waals surface area contributed by atoms with E-state index in [2.05, 4.69) is 0 Å². The summed E-state index contributed by atoms with van der Waals surface area (Å²) in [6, 6.07) is 7.44. The van der Waals surface area contributed by atoms with Gasteiger partial charge in [-0.3, -0.25) is 14.9 Å². The molecule has 11 heteroatoms. The summed E-state index contributed by atoms with van der Waals surface area (Å²) >= 11 is 6.81. The molecule has 2 N–H and O–H groups in total. The van der Waals surface area contributed by atoms with Gasteiger partial charge in [-0.2, -0.15) is 5.26 Å². The normalized spacial score (nSPS) is 11.4. The zero-order valence-corrected chi connectivity index (χ0v) is 17.3. The Morgan fingerprint density at radius 1 is 1.40 bits per heavy atom. The van der Waals surface area contributed by atoms with E-state index in [1.807, 2.05) is 0 Å². The molecule has 0 aliphatic heterocycles. The number of nitriles is 1. The predicted octanol–water partition coefficient (Wildman–Crippen LogP) is 4.27. The summed E-state index contributed by atoms with van der Waals surface area (Å²) in [7, 11) is 1.29. The van der Waals surface area contributed by atoms with Crippen LogP contribution in [-0.4, -0.2) is 39.2 Å². The highest BCUT2D eigenvalue weighted by Gasteiger charge is 2.25. The number of aromatic hydroxyl groups is 1. The first-order valence-corrected chi connectivity index (χ1v) is 9.79. The Kier molecular flexibility index (Phi) is 7.26. The topological polar surface area (TPSA) is 128 Å². The number of thioether (sulfide) groups is 1. The second kappa shape index (κ2) is 9.47. The number of amides is 1. The highest BCUT2D eigenvalue weighted by molar-refractivity contribution is 7.98. The molecule has 0 atom stereocenters. The van der Waals surface area contributed by atoms with Crippen molar-refractivity contribution in [2.24, 2.45) is 0 Å². The molecular weight excluding hydrogens is 437 g/mol. The Morgan fingerprint density at radius 2 is 2.07 bits per heavy atom. The SMILES string of the molecule is CSc1cc(/C(O)=C(\C#N)C(=O)N(C)Cc2cc(Cl)ccc2F)cc([N+](=O)[O-])c1O. The number of rotatable bonds is 6. The van der Waals surface area contributed by atoms with Crippen molar-refractivity contribution < 1.29 is 24.3 Å². The van der Waals surface area contributed by atoms with Crippen molar-refractivity contribution in [2.75, 3.05) is 13.3 Å². The number of aliphatic hydroxyl groups excluding tert-OH is 1. The third kappa shape index (κ3) is 4.82. The van der Waals surface area contributed by atoms with Gasteiger partial charge < -0.3 is 15.1 Å². The van der Waals surface area contributed by atoms with Gasteiger partial charge in [-0.1, -0.05) is 11.6 Å². The number of nitro groups is 1. The fourth-order valence-corrected chi connectivity index (χ4v) is 3.29. The molecule has 0 bridgehead atoms. The molecule has 0 spiro atoms. The van der Waals surface area contributed by atoms with Gasteiger partial charge in [0, 0.05) is 35.8 Å². The van der Waals surface area contributed by atoms with E-state index in [0.717, 1.165) is 28.8 Å². The van der Waals surface area contributed by atoms with Crippen molar-refractivity contribution in [1.82, 2.24) is 4.90 Å². The van der Waals surface area contributed by atoms with Crippen molar-refractivity contribution in [3.63, 3.8) is 0 Å². The molecule has 0 unspecified atom stereocenters. The maximum absolute atomic E-state index is 13.9. The second-order valence-electron chi connectivity index (χ2n) is 6.04. The van der Waals surface area contributed by atoms with Crippen LogP contribution in [0.1, 0.15) is 11.1 Å². The highest BCUT2D eigenvalue weighted by Crippen LogP contribution is 2.38. The maximum atomic E-state index is 13.9. The van der Waals surface area contributed by atoms with E-state index in [4.69, 9.17) is 11.6 Å². The van der Waals surface area contributed by atoms with Crippen molar-refractivity contribution in [1.29, 1.82) is 5.26 Å². The number of carbonyl (C=O) groups is 1. The first-order chi connectivity index (χ1) is 14.1.